The summed E-state index contributed by atoms with van der Waals surface area (Å²) >= 11 is 0. The third kappa shape index (κ3) is 4.19. The maximum atomic E-state index is 12.8. The monoisotopic (exact) mass is 383 g/mol. The van der Waals surface area contributed by atoms with Crippen molar-refractivity contribution in [3.63, 3.8) is 0 Å². The Hall–Kier alpha value is -3.22. The molecule has 0 bridgehead atoms. The summed E-state index contributed by atoms with van der Waals surface area (Å²) in [6, 6.07) is 10.7. The highest BCUT2D eigenvalue weighted by atomic mass is 16.7. The van der Waals surface area contributed by atoms with Crippen molar-refractivity contribution in [1.29, 1.82) is 0 Å². The number of ether oxygens (including phenoxy) is 2. The summed E-state index contributed by atoms with van der Waals surface area (Å²) in [5.41, 5.74) is 3.00. The van der Waals surface area contributed by atoms with Crippen LogP contribution in [0, 0.1) is 6.92 Å². The van der Waals surface area contributed by atoms with Crippen molar-refractivity contribution in [3.8, 4) is 11.5 Å². The molecule has 0 fully saturated rings. The van der Waals surface area contributed by atoms with Gasteiger partial charge in [0.1, 0.15) is 0 Å². The summed E-state index contributed by atoms with van der Waals surface area (Å²) in [5, 5.41) is 2.93. The number of nitrogens with zero attached hydrogens (tertiary/aromatic N) is 2. The van der Waals surface area contributed by atoms with Crippen molar-refractivity contribution in [2.24, 2.45) is 0 Å². The molecule has 0 saturated heterocycles. The largest absolute Gasteiger partial charge is 0.454 e. The molecule has 148 valence electrons. The van der Waals surface area contributed by atoms with E-state index < -0.39 is 0 Å². The Bertz CT molecular complexity index is 895. The Morgan fingerprint density at radius 2 is 1.82 bits per heavy atom. The number of carbonyl (C=O) groups excluding carboxylic acids is 2. The topological polar surface area (TPSA) is 71.1 Å². The number of fused-ring (bicyclic) bond motifs is 1. The molecule has 2 aromatic carbocycles. The minimum Gasteiger partial charge on any atom is -0.454 e. The van der Waals surface area contributed by atoms with Crippen molar-refractivity contribution in [3.05, 3.63) is 53.1 Å². The molecule has 3 amide bonds. The molecule has 28 heavy (non-hydrogen) atoms. The molecule has 0 aliphatic carbocycles. The van der Waals surface area contributed by atoms with Crippen LogP contribution in [0.25, 0.3) is 0 Å². The Morgan fingerprint density at radius 3 is 2.54 bits per heavy atom. The summed E-state index contributed by atoms with van der Waals surface area (Å²) in [5.74, 6) is 1.30. The van der Waals surface area contributed by atoms with E-state index in [0.29, 0.717) is 35.8 Å². The van der Waals surface area contributed by atoms with E-state index in [1.807, 2.05) is 38.1 Å². The predicted octanol–water partition coefficient (Wildman–Crippen LogP) is 3.48. The van der Waals surface area contributed by atoms with E-state index in [2.05, 4.69) is 5.32 Å². The lowest BCUT2D eigenvalue weighted by Gasteiger charge is -2.22. The second-order valence-corrected chi connectivity index (χ2v) is 6.86. The van der Waals surface area contributed by atoms with Gasteiger partial charge in [-0.2, -0.15) is 0 Å². The molecular formula is C21H25N3O4. The molecule has 0 saturated carbocycles. The van der Waals surface area contributed by atoms with Gasteiger partial charge in [0, 0.05) is 38.4 Å². The lowest BCUT2D eigenvalue weighted by atomic mass is 10.1. The highest BCUT2D eigenvalue weighted by molar-refractivity contribution is 5.97. The smallest absolute Gasteiger partial charge is 0.322 e. The van der Waals surface area contributed by atoms with Crippen LogP contribution >= 0.6 is 0 Å². The molecule has 1 aliphatic rings. The number of rotatable bonds is 5. The number of aryl methyl sites for hydroxylation is 1. The number of carbonyl (C=O) groups is 2. The maximum Gasteiger partial charge on any atom is 0.322 e. The minimum atomic E-state index is -0.224. The Labute approximate surface area is 164 Å². The van der Waals surface area contributed by atoms with E-state index in [0.717, 1.165) is 11.1 Å². The normalized spacial score (nSPS) is 11.9. The molecule has 2 aromatic rings. The molecule has 0 unspecified atom stereocenters. The van der Waals surface area contributed by atoms with Crippen molar-refractivity contribution in [1.82, 2.24) is 9.80 Å². The third-order valence-electron chi connectivity index (χ3n) is 4.61. The number of anilines is 1. The molecular weight excluding hydrogens is 358 g/mol. The van der Waals surface area contributed by atoms with Gasteiger partial charge >= 0.3 is 6.03 Å². The molecule has 1 heterocycles. The van der Waals surface area contributed by atoms with Crippen LogP contribution in [0.2, 0.25) is 0 Å². The molecule has 7 nitrogen and oxygen atoms in total. The number of amides is 3. The van der Waals surface area contributed by atoms with Gasteiger partial charge in [0.2, 0.25) is 6.79 Å². The van der Waals surface area contributed by atoms with E-state index in [4.69, 9.17) is 9.47 Å². The Morgan fingerprint density at radius 1 is 1.07 bits per heavy atom. The number of hydrogen-bond acceptors (Lipinski definition) is 4. The third-order valence-corrected chi connectivity index (χ3v) is 4.61. The molecule has 0 atom stereocenters. The van der Waals surface area contributed by atoms with Crippen LogP contribution in [-0.4, -0.2) is 49.2 Å². The second-order valence-electron chi connectivity index (χ2n) is 6.86. The van der Waals surface area contributed by atoms with Gasteiger partial charge in [-0.15, -0.1) is 0 Å². The highest BCUT2D eigenvalue weighted by Gasteiger charge is 2.18. The van der Waals surface area contributed by atoms with Crippen molar-refractivity contribution >= 4 is 17.6 Å². The van der Waals surface area contributed by atoms with Crippen LogP contribution in [0.4, 0.5) is 10.5 Å². The van der Waals surface area contributed by atoms with Gasteiger partial charge < -0.3 is 24.6 Å². The summed E-state index contributed by atoms with van der Waals surface area (Å²) in [4.78, 5) is 28.2. The highest BCUT2D eigenvalue weighted by Crippen LogP contribution is 2.32. The molecule has 3 rings (SSSR count). The first-order valence-corrected chi connectivity index (χ1v) is 9.15. The average molecular weight is 383 g/mol. The fraction of sp³-hybridized carbons (Fsp3) is 0.333. The number of urea groups is 1. The van der Waals surface area contributed by atoms with Crippen LogP contribution in [0.3, 0.4) is 0 Å². The van der Waals surface area contributed by atoms with Crippen LogP contribution < -0.4 is 14.8 Å². The van der Waals surface area contributed by atoms with Crippen molar-refractivity contribution < 1.29 is 19.1 Å². The van der Waals surface area contributed by atoms with Crippen LogP contribution in [0.1, 0.15) is 28.4 Å². The Kier molecular flexibility index (Phi) is 5.73. The molecule has 1 N–H and O–H groups in total. The summed E-state index contributed by atoms with van der Waals surface area (Å²) in [6.45, 7) is 5.01. The second kappa shape index (κ2) is 8.21. The summed E-state index contributed by atoms with van der Waals surface area (Å²) in [6.07, 6.45) is 0. The van der Waals surface area contributed by atoms with Crippen molar-refractivity contribution in [2.75, 3.05) is 32.7 Å². The van der Waals surface area contributed by atoms with E-state index >= 15 is 0 Å². The number of benzene rings is 2. The van der Waals surface area contributed by atoms with Gasteiger partial charge in [0.25, 0.3) is 5.91 Å². The quantitative estimate of drug-likeness (QED) is 0.858. The van der Waals surface area contributed by atoms with Gasteiger partial charge in [0.05, 0.1) is 0 Å². The van der Waals surface area contributed by atoms with Crippen LogP contribution in [0.15, 0.2) is 36.4 Å². The summed E-state index contributed by atoms with van der Waals surface area (Å²) < 4.78 is 10.7. The lowest BCUT2D eigenvalue weighted by Crippen LogP contribution is -2.34. The van der Waals surface area contributed by atoms with E-state index in [9.17, 15) is 9.59 Å². The first kappa shape index (κ1) is 19.5. The van der Waals surface area contributed by atoms with Crippen LogP contribution in [0.5, 0.6) is 11.5 Å². The molecule has 0 aromatic heterocycles. The lowest BCUT2D eigenvalue weighted by molar-refractivity contribution is 0.0827. The van der Waals surface area contributed by atoms with Gasteiger partial charge in [-0.25, -0.2) is 4.79 Å². The SMILES string of the molecule is CCN(Cc1ccc2c(c1)OCO2)C(=O)Nc1cc(C(=O)N(C)C)ccc1C. The Balaban J connectivity index is 1.73. The zero-order valence-corrected chi connectivity index (χ0v) is 16.6. The van der Waals surface area contributed by atoms with Crippen molar-refractivity contribution in [2.45, 2.75) is 20.4 Å². The minimum absolute atomic E-state index is 0.108. The predicted molar refractivity (Wildman–Crippen MR) is 107 cm³/mol. The van der Waals surface area contributed by atoms with Gasteiger partial charge in [0.15, 0.2) is 11.5 Å². The summed E-state index contributed by atoms with van der Waals surface area (Å²) in [7, 11) is 3.40. The fourth-order valence-electron chi connectivity index (χ4n) is 2.93. The van der Waals surface area contributed by atoms with Gasteiger partial charge in [-0.05, 0) is 49.2 Å². The maximum absolute atomic E-state index is 12.8. The number of nitrogens with one attached hydrogen (secondary N) is 1. The zero-order chi connectivity index (χ0) is 20.3. The first-order chi connectivity index (χ1) is 13.4. The number of hydrogen-bond donors (Lipinski definition) is 1. The van der Waals surface area contributed by atoms with Crippen LogP contribution in [-0.2, 0) is 6.54 Å². The van der Waals surface area contributed by atoms with E-state index in [1.54, 1.807) is 31.1 Å². The molecule has 7 heteroatoms. The van der Waals surface area contributed by atoms with Gasteiger partial charge in [-0.1, -0.05) is 12.1 Å². The fourth-order valence-corrected chi connectivity index (χ4v) is 2.93. The molecule has 0 radical (unpaired) electrons. The standard InChI is InChI=1S/C21H25N3O4/c1-5-24(12-15-7-9-18-19(10-15)28-13-27-18)21(26)22-17-11-16(8-6-14(17)2)20(25)23(3)4/h6-11H,5,12-13H2,1-4H3,(H,22,26). The molecule has 1 aliphatic heterocycles. The average Bonchev–Trinajstić information content (AvgIpc) is 3.14. The van der Waals surface area contributed by atoms with Gasteiger partial charge in [-0.3, -0.25) is 4.79 Å². The molecule has 0 spiro atoms. The van der Waals surface area contributed by atoms with E-state index in [1.165, 1.54) is 4.90 Å². The first-order valence-electron chi connectivity index (χ1n) is 9.15. The zero-order valence-electron chi connectivity index (χ0n) is 16.6. The van der Waals surface area contributed by atoms with E-state index in [-0.39, 0.29) is 18.7 Å².